The summed E-state index contributed by atoms with van der Waals surface area (Å²) in [7, 11) is 3.94. The van der Waals surface area contributed by atoms with Gasteiger partial charge in [0, 0.05) is 24.8 Å². The number of fused-ring (bicyclic) bond motifs is 1. The predicted molar refractivity (Wildman–Crippen MR) is 92.1 cm³/mol. The van der Waals surface area contributed by atoms with Crippen LogP contribution >= 0.6 is 0 Å². The van der Waals surface area contributed by atoms with Crippen LogP contribution in [0.1, 0.15) is 18.9 Å². The fourth-order valence-electron chi connectivity index (χ4n) is 2.67. The van der Waals surface area contributed by atoms with E-state index in [9.17, 15) is 14.4 Å². The quantitative estimate of drug-likeness (QED) is 0.630. The molecule has 1 aliphatic heterocycles. The highest BCUT2D eigenvalue weighted by atomic mass is 16.2. The van der Waals surface area contributed by atoms with Crippen LogP contribution in [0.3, 0.4) is 0 Å². The van der Waals surface area contributed by atoms with Crippen LogP contribution in [-0.4, -0.2) is 51.5 Å². The summed E-state index contributed by atoms with van der Waals surface area (Å²) in [4.78, 5) is 38.4. The van der Waals surface area contributed by atoms with Gasteiger partial charge in [0.05, 0.1) is 27.2 Å². The molecule has 24 heavy (non-hydrogen) atoms. The molecule has 3 amide bonds. The summed E-state index contributed by atoms with van der Waals surface area (Å²) < 4.78 is 0. The van der Waals surface area contributed by atoms with Crippen molar-refractivity contribution in [2.75, 3.05) is 43.9 Å². The van der Waals surface area contributed by atoms with Gasteiger partial charge in [-0.25, -0.2) is 0 Å². The number of likely N-dealkylation sites (N-methyl/N-ethyl adjacent to an activating group) is 1. The van der Waals surface area contributed by atoms with E-state index in [1.807, 2.05) is 20.2 Å². The van der Waals surface area contributed by atoms with E-state index in [-0.39, 0.29) is 5.91 Å². The highest BCUT2D eigenvalue weighted by molar-refractivity contribution is 6.39. The van der Waals surface area contributed by atoms with E-state index in [0.29, 0.717) is 18.8 Å². The highest BCUT2D eigenvalue weighted by Gasteiger charge is 2.21. The van der Waals surface area contributed by atoms with Crippen molar-refractivity contribution < 1.29 is 19.3 Å². The first kappa shape index (κ1) is 17.9. The lowest BCUT2D eigenvalue weighted by atomic mass is 10.0. The number of rotatable bonds is 4. The van der Waals surface area contributed by atoms with E-state index in [4.69, 9.17) is 0 Å². The maximum atomic E-state index is 12.0. The van der Waals surface area contributed by atoms with E-state index in [2.05, 4.69) is 10.6 Å². The van der Waals surface area contributed by atoms with E-state index in [0.717, 1.165) is 30.6 Å². The average Bonchev–Trinajstić information content (AvgIpc) is 2.53. The first-order valence-corrected chi connectivity index (χ1v) is 8.17. The largest absolute Gasteiger partial charge is 0.342 e. The average molecular weight is 333 g/mol. The van der Waals surface area contributed by atoms with Crippen LogP contribution in [-0.2, 0) is 20.8 Å². The molecule has 0 aliphatic carbocycles. The monoisotopic (exact) mass is 333 g/mol. The molecule has 7 heteroatoms. The number of aryl methyl sites for hydroxylation is 1. The number of carbonyl (C=O) groups excluding carboxylic acids is 3. The van der Waals surface area contributed by atoms with E-state index < -0.39 is 11.8 Å². The van der Waals surface area contributed by atoms with Crippen LogP contribution in [0, 0.1) is 0 Å². The molecule has 0 radical (unpaired) electrons. The van der Waals surface area contributed by atoms with Crippen molar-refractivity contribution in [2.24, 2.45) is 0 Å². The Morgan fingerprint density at radius 3 is 2.62 bits per heavy atom. The first-order chi connectivity index (χ1) is 11.4. The number of nitrogens with one attached hydrogen (secondary N) is 3. The normalized spacial score (nSPS) is 13.4. The highest BCUT2D eigenvalue weighted by Crippen LogP contribution is 2.30. The lowest BCUT2D eigenvalue weighted by Gasteiger charge is -2.29. The van der Waals surface area contributed by atoms with E-state index in [1.54, 1.807) is 17.0 Å². The SMILES string of the molecule is CC(=O)N1CCCc2ccc(NC(=O)C(=O)NCC[NH+](C)C)cc21. The van der Waals surface area contributed by atoms with Crippen LogP contribution < -0.4 is 20.4 Å². The van der Waals surface area contributed by atoms with Crippen LogP contribution in [0.2, 0.25) is 0 Å². The third kappa shape index (κ3) is 4.55. The Kier molecular flexibility index (Phi) is 5.92. The smallest absolute Gasteiger partial charge is 0.313 e. The zero-order valence-corrected chi connectivity index (χ0v) is 14.4. The van der Waals surface area contributed by atoms with Gasteiger partial charge in [-0.2, -0.15) is 0 Å². The summed E-state index contributed by atoms with van der Waals surface area (Å²) >= 11 is 0. The molecule has 0 fully saturated rings. The molecule has 1 aromatic rings. The van der Waals surface area contributed by atoms with Gasteiger partial charge in [-0.15, -0.1) is 0 Å². The van der Waals surface area contributed by atoms with Crippen molar-refractivity contribution in [1.29, 1.82) is 0 Å². The van der Waals surface area contributed by atoms with Gasteiger partial charge in [0.1, 0.15) is 0 Å². The zero-order chi connectivity index (χ0) is 17.7. The molecular weight excluding hydrogens is 308 g/mol. The van der Waals surface area contributed by atoms with Crippen molar-refractivity contribution in [2.45, 2.75) is 19.8 Å². The second kappa shape index (κ2) is 7.92. The van der Waals surface area contributed by atoms with Crippen LogP contribution in [0.4, 0.5) is 11.4 Å². The van der Waals surface area contributed by atoms with Crippen LogP contribution in [0.25, 0.3) is 0 Å². The molecule has 1 heterocycles. The Bertz CT molecular complexity index is 643. The van der Waals surface area contributed by atoms with E-state index in [1.165, 1.54) is 11.8 Å². The molecule has 1 aromatic carbocycles. The predicted octanol–water partition coefficient (Wildman–Crippen LogP) is -0.815. The molecule has 3 N–H and O–H groups in total. The standard InChI is InChI=1S/C17H24N4O3/c1-12(22)21-9-4-5-13-6-7-14(11-15(13)21)19-17(24)16(23)18-8-10-20(2)3/h6-7,11H,4-5,8-10H2,1-3H3,(H,18,23)(H,19,24)/p+1. The fourth-order valence-corrected chi connectivity index (χ4v) is 2.67. The van der Waals surface area contributed by atoms with Gasteiger partial charge in [-0.05, 0) is 30.5 Å². The first-order valence-electron chi connectivity index (χ1n) is 8.17. The van der Waals surface area contributed by atoms with Crippen molar-refractivity contribution in [3.63, 3.8) is 0 Å². The molecule has 0 spiro atoms. The summed E-state index contributed by atoms with van der Waals surface area (Å²) in [6.07, 6.45) is 1.83. The maximum absolute atomic E-state index is 12.0. The zero-order valence-electron chi connectivity index (χ0n) is 14.4. The molecule has 0 atom stereocenters. The molecule has 0 unspecified atom stereocenters. The summed E-state index contributed by atoms with van der Waals surface area (Å²) in [5.41, 5.74) is 2.40. The number of amides is 3. The Hall–Kier alpha value is -2.41. The third-order valence-electron chi connectivity index (χ3n) is 3.96. The number of anilines is 2. The van der Waals surface area contributed by atoms with Crippen molar-refractivity contribution in [3.8, 4) is 0 Å². The van der Waals surface area contributed by atoms with Gasteiger partial charge in [0.25, 0.3) is 0 Å². The van der Waals surface area contributed by atoms with Crippen LogP contribution in [0.5, 0.6) is 0 Å². The van der Waals surface area contributed by atoms with Crippen LogP contribution in [0.15, 0.2) is 18.2 Å². The van der Waals surface area contributed by atoms with Gasteiger partial charge in [0.2, 0.25) is 5.91 Å². The summed E-state index contributed by atoms with van der Waals surface area (Å²) in [6, 6.07) is 5.41. The minimum atomic E-state index is -0.700. The molecule has 0 saturated heterocycles. The molecule has 0 saturated carbocycles. The second-order valence-electron chi connectivity index (χ2n) is 6.28. The molecular formula is C17H25N4O3+. The molecule has 0 aromatic heterocycles. The summed E-state index contributed by atoms with van der Waals surface area (Å²) in [5.74, 6) is -1.38. The third-order valence-corrected chi connectivity index (χ3v) is 3.96. The van der Waals surface area contributed by atoms with Gasteiger partial charge in [-0.1, -0.05) is 6.07 Å². The maximum Gasteiger partial charge on any atom is 0.313 e. The van der Waals surface area contributed by atoms with Gasteiger partial charge in [-0.3, -0.25) is 14.4 Å². The Morgan fingerprint density at radius 1 is 1.21 bits per heavy atom. The number of hydrogen-bond acceptors (Lipinski definition) is 3. The second-order valence-corrected chi connectivity index (χ2v) is 6.28. The minimum Gasteiger partial charge on any atom is -0.342 e. The summed E-state index contributed by atoms with van der Waals surface area (Å²) in [6.45, 7) is 3.38. The molecule has 2 rings (SSSR count). The number of hydrogen-bond donors (Lipinski definition) is 3. The lowest BCUT2D eigenvalue weighted by Crippen LogP contribution is -3.06. The number of carbonyl (C=O) groups is 3. The number of benzene rings is 1. The topological polar surface area (TPSA) is 83.0 Å². The van der Waals surface area contributed by atoms with Gasteiger partial charge in [0.15, 0.2) is 0 Å². The molecule has 7 nitrogen and oxygen atoms in total. The van der Waals surface area contributed by atoms with Gasteiger partial charge >= 0.3 is 11.8 Å². The lowest BCUT2D eigenvalue weighted by molar-refractivity contribution is -0.856. The molecule has 130 valence electrons. The number of nitrogens with zero attached hydrogens (tertiary/aromatic N) is 1. The van der Waals surface area contributed by atoms with Crippen molar-refractivity contribution in [3.05, 3.63) is 23.8 Å². The van der Waals surface area contributed by atoms with Crippen molar-refractivity contribution >= 4 is 29.1 Å². The Balaban J connectivity index is 2.02. The molecule has 0 bridgehead atoms. The number of quaternary nitrogens is 1. The Labute approximate surface area is 142 Å². The fraction of sp³-hybridized carbons (Fsp3) is 0.471. The van der Waals surface area contributed by atoms with E-state index >= 15 is 0 Å². The Morgan fingerprint density at radius 2 is 1.96 bits per heavy atom. The van der Waals surface area contributed by atoms with Gasteiger partial charge < -0.3 is 20.4 Å². The summed E-state index contributed by atoms with van der Waals surface area (Å²) in [5, 5.41) is 5.18. The minimum absolute atomic E-state index is 0.0247. The molecule has 1 aliphatic rings. The van der Waals surface area contributed by atoms with Crippen molar-refractivity contribution in [1.82, 2.24) is 5.32 Å².